The van der Waals surface area contributed by atoms with Crippen LogP contribution in [0.2, 0.25) is 0 Å². The molecule has 0 saturated carbocycles. The second kappa shape index (κ2) is 8.33. The minimum absolute atomic E-state index is 0. The third-order valence-corrected chi connectivity index (χ3v) is 4.06. The third kappa shape index (κ3) is 5.53. The van der Waals surface area contributed by atoms with Crippen LogP contribution >= 0.6 is 23.7 Å². The molecule has 0 radical (unpaired) electrons. The van der Waals surface area contributed by atoms with E-state index in [9.17, 15) is 9.18 Å². The second-order valence-electron chi connectivity index (χ2n) is 5.43. The molecule has 1 unspecified atom stereocenters. The summed E-state index contributed by atoms with van der Waals surface area (Å²) in [6.07, 6.45) is 1.88. The first-order chi connectivity index (χ1) is 10.4. The fourth-order valence-electron chi connectivity index (χ4n) is 2.07. The minimum Gasteiger partial charge on any atom is -0.318 e. The van der Waals surface area contributed by atoms with Crippen LogP contribution in [0, 0.1) is 5.82 Å². The van der Waals surface area contributed by atoms with E-state index < -0.39 is 5.54 Å². The molecule has 1 atom stereocenters. The summed E-state index contributed by atoms with van der Waals surface area (Å²) in [5, 5.41) is 11.8. The van der Waals surface area contributed by atoms with Crippen molar-refractivity contribution in [1.82, 2.24) is 10.2 Å². The number of nitrogens with two attached hydrogens (primary N) is 1. The third-order valence-electron chi connectivity index (χ3n) is 3.22. The van der Waals surface area contributed by atoms with Crippen molar-refractivity contribution in [3.8, 4) is 0 Å². The number of carbonyl (C=O) groups excluding carboxylic acids is 1. The molecule has 0 bridgehead atoms. The zero-order valence-electron chi connectivity index (χ0n) is 13.0. The standard InChI is InChI=1S/C15H19FN4OS.ClH/c1-3-7-15(2,17)13(21)18-14-20-19-12(22-14)9-10-5-4-6-11(16)8-10;/h4-6,8H,3,7,9,17H2,1-2H3,(H,18,20,21);1H. The Labute approximate surface area is 144 Å². The van der Waals surface area contributed by atoms with E-state index in [1.807, 2.05) is 13.0 Å². The van der Waals surface area contributed by atoms with Crippen LogP contribution in [0.3, 0.4) is 0 Å². The predicted molar refractivity (Wildman–Crippen MR) is 92.5 cm³/mol. The van der Waals surface area contributed by atoms with E-state index in [1.165, 1.54) is 23.5 Å². The molecule has 0 aliphatic rings. The van der Waals surface area contributed by atoms with Crippen molar-refractivity contribution >= 4 is 34.8 Å². The molecule has 1 aromatic heterocycles. The largest absolute Gasteiger partial charge is 0.318 e. The van der Waals surface area contributed by atoms with Crippen LogP contribution in [0.1, 0.15) is 37.3 Å². The molecule has 8 heteroatoms. The highest BCUT2D eigenvalue weighted by molar-refractivity contribution is 7.15. The number of benzene rings is 1. The Morgan fingerprint density at radius 1 is 1.43 bits per heavy atom. The van der Waals surface area contributed by atoms with E-state index in [-0.39, 0.29) is 24.1 Å². The summed E-state index contributed by atoms with van der Waals surface area (Å²) in [7, 11) is 0. The Morgan fingerprint density at radius 2 is 2.17 bits per heavy atom. The molecule has 5 nitrogen and oxygen atoms in total. The van der Waals surface area contributed by atoms with Gasteiger partial charge in [-0.05, 0) is 31.0 Å². The Bertz CT molecular complexity index is 662. The van der Waals surface area contributed by atoms with E-state index in [0.29, 0.717) is 23.0 Å². The monoisotopic (exact) mass is 358 g/mol. The lowest BCUT2D eigenvalue weighted by Crippen LogP contribution is -2.48. The lowest BCUT2D eigenvalue weighted by molar-refractivity contribution is -0.120. The molecule has 1 amide bonds. The maximum atomic E-state index is 13.1. The number of nitrogens with zero attached hydrogens (tertiary/aromatic N) is 2. The molecule has 0 aliphatic carbocycles. The molecule has 2 rings (SSSR count). The summed E-state index contributed by atoms with van der Waals surface area (Å²) >= 11 is 1.26. The number of amides is 1. The number of anilines is 1. The Balaban J connectivity index is 0.00000264. The summed E-state index contributed by atoms with van der Waals surface area (Å²) in [4.78, 5) is 12.1. The van der Waals surface area contributed by atoms with Crippen molar-refractivity contribution in [2.24, 2.45) is 5.73 Å². The van der Waals surface area contributed by atoms with E-state index in [1.54, 1.807) is 13.0 Å². The number of carbonyl (C=O) groups is 1. The van der Waals surface area contributed by atoms with Gasteiger partial charge in [-0.15, -0.1) is 22.6 Å². The van der Waals surface area contributed by atoms with Crippen molar-refractivity contribution in [3.05, 3.63) is 40.7 Å². The van der Waals surface area contributed by atoms with Gasteiger partial charge in [0.2, 0.25) is 11.0 Å². The molecule has 2 aromatic rings. The summed E-state index contributed by atoms with van der Waals surface area (Å²) in [5.74, 6) is -0.559. The van der Waals surface area contributed by atoms with Crippen LogP contribution in [0.15, 0.2) is 24.3 Å². The van der Waals surface area contributed by atoms with Crippen LogP contribution in [0.5, 0.6) is 0 Å². The topological polar surface area (TPSA) is 80.9 Å². The molecule has 1 heterocycles. The summed E-state index contributed by atoms with van der Waals surface area (Å²) in [5.41, 5.74) is 5.85. The Morgan fingerprint density at radius 3 is 2.83 bits per heavy atom. The highest BCUT2D eigenvalue weighted by Gasteiger charge is 2.28. The van der Waals surface area contributed by atoms with E-state index in [2.05, 4.69) is 15.5 Å². The van der Waals surface area contributed by atoms with Crippen LogP contribution in [-0.2, 0) is 11.2 Å². The number of hydrogen-bond donors (Lipinski definition) is 2. The van der Waals surface area contributed by atoms with Crippen molar-refractivity contribution in [2.45, 2.75) is 38.6 Å². The first-order valence-corrected chi connectivity index (χ1v) is 7.89. The highest BCUT2D eigenvalue weighted by Crippen LogP contribution is 2.20. The molecule has 0 fully saturated rings. The maximum absolute atomic E-state index is 13.1. The average Bonchev–Trinajstić information content (AvgIpc) is 2.86. The van der Waals surface area contributed by atoms with Crippen LogP contribution in [0.25, 0.3) is 0 Å². The molecule has 0 aliphatic heterocycles. The van der Waals surface area contributed by atoms with Gasteiger partial charge in [-0.2, -0.15) is 0 Å². The van der Waals surface area contributed by atoms with Crippen molar-refractivity contribution in [2.75, 3.05) is 5.32 Å². The van der Waals surface area contributed by atoms with Gasteiger partial charge in [-0.25, -0.2) is 4.39 Å². The molecule has 3 N–H and O–H groups in total. The number of hydrogen-bond acceptors (Lipinski definition) is 5. The van der Waals surface area contributed by atoms with Gasteiger partial charge in [-0.3, -0.25) is 10.1 Å². The normalized spacial score (nSPS) is 13.0. The zero-order valence-corrected chi connectivity index (χ0v) is 14.6. The smallest absolute Gasteiger partial charge is 0.245 e. The molecular formula is C15H20ClFN4OS. The van der Waals surface area contributed by atoms with Gasteiger partial charge in [0.15, 0.2) is 0 Å². The SMILES string of the molecule is CCCC(C)(N)C(=O)Nc1nnc(Cc2cccc(F)c2)s1.Cl. The summed E-state index contributed by atoms with van der Waals surface area (Å²) in [6.45, 7) is 3.67. The first-order valence-electron chi connectivity index (χ1n) is 7.08. The average molecular weight is 359 g/mol. The quantitative estimate of drug-likeness (QED) is 0.831. The Kier molecular flexibility index (Phi) is 7.05. The predicted octanol–water partition coefficient (Wildman–Crippen LogP) is 3.15. The lowest BCUT2D eigenvalue weighted by Gasteiger charge is -2.21. The fraction of sp³-hybridized carbons (Fsp3) is 0.400. The van der Waals surface area contributed by atoms with Crippen LogP contribution in [-0.4, -0.2) is 21.6 Å². The van der Waals surface area contributed by atoms with Crippen LogP contribution < -0.4 is 11.1 Å². The van der Waals surface area contributed by atoms with Crippen LogP contribution in [0.4, 0.5) is 9.52 Å². The van der Waals surface area contributed by atoms with E-state index >= 15 is 0 Å². The van der Waals surface area contributed by atoms with Gasteiger partial charge in [0.1, 0.15) is 10.8 Å². The number of nitrogens with one attached hydrogen (secondary N) is 1. The second-order valence-corrected chi connectivity index (χ2v) is 6.49. The van der Waals surface area contributed by atoms with Gasteiger partial charge in [-0.1, -0.05) is 36.8 Å². The molecule has 23 heavy (non-hydrogen) atoms. The molecule has 0 spiro atoms. The number of rotatable bonds is 6. The fourth-order valence-corrected chi connectivity index (χ4v) is 2.84. The first kappa shape index (κ1) is 19.5. The lowest BCUT2D eigenvalue weighted by atomic mass is 9.97. The molecular weight excluding hydrogens is 339 g/mol. The molecule has 1 aromatic carbocycles. The minimum atomic E-state index is -0.927. The number of aromatic nitrogens is 2. The van der Waals surface area contributed by atoms with Gasteiger partial charge >= 0.3 is 0 Å². The van der Waals surface area contributed by atoms with Gasteiger partial charge < -0.3 is 5.73 Å². The molecule has 126 valence electrons. The van der Waals surface area contributed by atoms with Crippen molar-refractivity contribution in [1.29, 1.82) is 0 Å². The van der Waals surface area contributed by atoms with E-state index in [0.717, 1.165) is 12.0 Å². The zero-order chi connectivity index (χ0) is 16.2. The van der Waals surface area contributed by atoms with Gasteiger partial charge in [0.25, 0.3) is 0 Å². The highest BCUT2D eigenvalue weighted by atomic mass is 35.5. The van der Waals surface area contributed by atoms with Gasteiger partial charge in [0, 0.05) is 6.42 Å². The van der Waals surface area contributed by atoms with Gasteiger partial charge in [0.05, 0.1) is 5.54 Å². The Hall–Kier alpha value is -1.57. The summed E-state index contributed by atoms with van der Waals surface area (Å²) < 4.78 is 13.1. The van der Waals surface area contributed by atoms with E-state index in [4.69, 9.17) is 5.73 Å². The number of halogens is 2. The maximum Gasteiger partial charge on any atom is 0.245 e. The van der Waals surface area contributed by atoms with Crippen molar-refractivity contribution in [3.63, 3.8) is 0 Å². The molecule has 0 saturated heterocycles. The van der Waals surface area contributed by atoms with Crippen molar-refractivity contribution < 1.29 is 9.18 Å². The summed E-state index contributed by atoms with van der Waals surface area (Å²) in [6, 6.07) is 6.32.